The van der Waals surface area contributed by atoms with E-state index in [1.165, 1.54) is 16.4 Å². The summed E-state index contributed by atoms with van der Waals surface area (Å²) >= 11 is 0. The monoisotopic (exact) mass is 446 g/mol. The maximum Gasteiger partial charge on any atom is 0.254 e. The molecule has 1 aliphatic carbocycles. The van der Waals surface area contributed by atoms with Gasteiger partial charge in [0.2, 0.25) is 10.0 Å². The minimum absolute atomic E-state index is 0.131. The number of amides is 1. The second-order valence-electron chi connectivity index (χ2n) is 7.46. The first-order valence-corrected chi connectivity index (χ1v) is 11.9. The van der Waals surface area contributed by atoms with Crippen LogP contribution >= 0.6 is 0 Å². The molecule has 0 radical (unpaired) electrons. The minimum Gasteiger partial charge on any atom is -0.497 e. The summed E-state index contributed by atoms with van der Waals surface area (Å²) in [7, 11) is -0.452. The topological polar surface area (TPSA) is 76.2 Å². The van der Waals surface area contributed by atoms with E-state index in [0.717, 1.165) is 18.4 Å². The summed E-state index contributed by atoms with van der Waals surface area (Å²) in [5.41, 5.74) is 1.20. The van der Waals surface area contributed by atoms with Gasteiger partial charge in [0, 0.05) is 30.3 Å². The Kier molecular flexibility index (Phi) is 7.23. The molecular formula is C23H30N2O5S. The Morgan fingerprint density at radius 1 is 1.03 bits per heavy atom. The Morgan fingerprint density at radius 3 is 2.32 bits per heavy atom. The molecule has 1 saturated carbocycles. The SMILES string of the molecule is CCN(CC)S(=O)(=O)c1cccc(C(=O)N(Cc2cc(OC)ccc2OC)C2CC2)c1. The van der Waals surface area contributed by atoms with Gasteiger partial charge in [-0.15, -0.1) is 0 Å². The molecule has 168 valence electrons. The van der Waals surface area contributed by atoms with E-state index in [4.69, 9.17) is 9.47 Å². The van der Waals surface area contributed by atoms with Gasteiger partial charge in [0.25, 0.3) is 5.91 Å². The normalized spacial score (nSPS) is 13.8. The molecule has 0 bridgehead atoms. The molecule has 2 aromatic carbocycles. The van der Waals surface area contributed by atoms with Crippen LogP contribution < -0.4 is 9.47 Å². The van der Waals surface area contributed by atoms with Crippen molar-refractivity contribution in [3.63, 3.8) is 0 Å². The molecule has 7 nitrogen and oxygen atoms in total. The smallest absolute Gasteiger partial charge is 0.254 e. The first-order valence-electron chi connectivity index (χ1n) is 10.5. The predicted molar refractivity (Wildman–Crippen MR) is 119 cm³/mol. The number of rotatable bonds is 10. The third-order valence-corrected chi connectivity index (χ3v) is 7.55. The van der Waals surface area contributed by atoms with Crippen LogP contribution in [-0.4, -0.2) is 56.9 Å². The second kappa shape index (κ2) is 9.70. The van der Waals surface area contributed by atoms with Crippen LogP contribution in [0.1, 0.15) is 42.6 Å². The lowest BCUT2D eigenvalue weighted by atomic mass is 10.1. The van der Waals surface area contributed by atoms with Crippen molar-refractivity contribution >= 4 is 15.9 Å². The van der Waals surface area contributed by atoms with Crippen LogP contribution in [0.25, 0.3) is 0 Å². The van der Waals surface area contributed by atoms with Crippen LogP contribution in [0.2, 0.25) is 0 Å². The van der Waals surface area contributed by atoms with Gasteiger partial charge in [-0.05, 0) is 49.2 Å². The Balaban J connectivity index is 1.92. The average molecular weight is 447 g/mol. The fourth-order valence-electron chi connectivity index (χ4n) is 3.61. The molecule has 0 heterocycles. The Labute approximate surface area is 184 Å². The van der Waals surface area contributed by atoms with Gasteiger partial charge in [-0.1, -0.05) is 19.9 Å². The van der Waals surface area contributed by atoms with Crippen molar-refractivity contribution < 1.29 is 22.7 Å². The summed E-state index contributed by atoms with van der Waals surface area (Å²) < 4.78 is 38.0. The molecule has 2 aromatic rings. The standard InChI is InChI=1S/C23H30N2O5S/c1-5-24(6-2)31(27,28)21-9-7-8-17(15-21)23(26)25(19-10-11-19)16-18-14-20(29-3)12-13-22(18)30-4/h7-9,12-15,19H,5-6,10-11,16H2,1-4H3. The molecule has 0 unspecified atom stereocenters. The van der Waals surface area contributed by atoms with Crippen LogP contribution in [0.15, 0.2) is 47.4 Å². The van der Waals surface area contributed by atoms with Gasteiger partial charge in [-0.2, -0.15) is 4.31 Å². The Hall–Kier alpha value is -2.58. The lowest BCUT2D eigenvalue weighted by molar-refractivity contribution is 0.0728. The average Bonchev–Trinajstić information content (AvgIpc) is 3.62. The molecule has 0 N–H and O–H groups in total. The van der Waals surface area contributed by atoms with Gasteiger partial charge in [-0.25, -0.2) is 8.42 Å². The number of ether oxygens (including phenoxy) is 2. The Morgan fingerprint density at radius 2 is 1.74 bits per heavy atom. The van der Waals surface area contributed by atoms with Crippen LogP contribution in [-0.2, 0) is 16.6 Å². The van der Waals surface area contributed by atoms with Crippen molar-refractivity contribution in [2.45, 2.75) is 44.2 Å². The molecule has 31 heavy (non-hydrogen) atoms. The summed E-state index contributed by atoms with van der Waals surface area (Å²) in [6.45, 7) is 4.71. The molecule has 1 aliphatic rings. The highest BCUT2D eigenvalue weighted by atomic mass is 32.2. The summed E-state index contributed by atoms with van der Waals surface area (Å²) in [6, 6.07) is 11.9. The highest BCUT2D eigenvalue weighted by Crippen LogP contribution is 2.33. The number of hydrogen-bond acceptors (Lipinski definition) is 5. The van der Waals surface area contributed by atoms with E-state index in [-0.39, 0.29) is 16.8 Å². The predicted octanol–water partition coefficient (Wildman–Crippen LogP) is 3.54. The van der Waals surface area contributed by atoms with Gasteiger partial charge in [0.15, 0.2) is 0 Å². The summed E-state index contributed by atoms with van der Waals surface area (Å²) in [4.78, 5) is 15.3. The molecule has 3 rings (SSSR count). The number of sulfonamides is 1. The maximum atomic E-state index is 13.4. The van der Waals surface area contributed by atoms with E-state index in [9.17, 15) is 13.2 Å². The quantitative estimate of drug-likeness (QED) is 0.558. The second-order valence-corrected chi connectivity index (χ2v) is 9.40. The number of hydrogen-bond donors (Lipinski definition) is 0. The maximum absolute atomic E-state index is 13.4. The first-order chi connectivity index (χ1) is 14.8. The van der Waals surface area contributed by atoms with Crippen LogP contribution in [0.4, 0.5) is 0 Å². The lowest BCUT2D eigenvalue weighted by Gasteiger charge is -2.24. The fourth-order valence-corrected chi connectivity index (χ4v) is 5.11. The zero-order chi connectivity index (χ0) is 22.6. The number of benzene rings is 2. The van der Waals surface area contributed by atoms with Gasteiger partial charge < -0.3 is 14.4 Å². The van der Waals surface area contributed by atoms with Crippen LogP contribution in [0.5, 0.6) is 11.5 Å². The van der Waals surface area contributed by atoms with Crippen molar-refractivity contribution in [3.8, 4) is 11.5 Å². The number of carbonyl (C=O) groups is 1. The zero-order valence-corrected chi connectivity index (χ0v) is 19.3. The molecule has 8 heteroatoms. The van der Waals surface area contributed by atoms with E-state index < -0.39 is 10.0 Å². The van der Waals surface area contributed by atoms with Crippen molar-refractivity contribution in [3.05, 3.63) is 53.6 Å². The summed E-state index contributed by atoms with van der Waals surface area (Å²) in [5, 5.41) is 0. The molecule has 0 aliphatic heterocycles. The zero-order valence-electron chi connectivity index (χ0n) is 18.5. The van der Waals surface area contributed by atoms with Crippen molar-refractivity contribution in [2.24, 2.45) is 0 Å². The lowest BCUT2D eigenvalue weighted by Crippen LogP contribution is -2.33. The van der Waals surface area contributed by atoms with Crippen LogP contribution in [0.3, 0.4) is 0 Å². The van der Waals surface area contributed by atoms with Crippen molar-refractivity contribution in [1.82, 2.24) is 9.21 Å². The van der Waals surface area contributed by atoms with E-state index >= 15 is 0 Å². The van der Waals surface area contributed by atoms with E-state index in [1.807, 2.05) is 18.2 Å². The molecular weight excluding hydrogens is 416 g/mol. The highest BCUT2D eigenvalue weighted by molar-refractivity contribution is 7.89. The van der Waals surface area contributed by atoms with Gasteiger partial charge in [0.1, 0.15) is 11.5 Å². The number of nitrogens with zero attached hydrogens (tertiary/aromatic N) is 2. The molecule has 0 aromatic heterocycles. The van der Waals surface area contributed by atoms with Gasteiger partial charge in [0.05, 0.1) is 25.7 Å². The Bertz CT molecular complexity index is 1030. The number of carbonyl (C=O) groups excluding carboxylic acids is 1. The third kappa shape index (κ3) is 5.02. The van der Waals surface area contributed by atoms with E-state index in [2.05, 4.69) is 0 Å². The van der Waals surface area contributed by atoms with Crippen molar-refractivity contribution in [2.75, 3.05) is 27.3 Å². The number of methoxy groups -OCH3 is 2. The molecule has 1 fully saturated rings. The molecule has 0 atom stereocenters. The van der Waals surface area contributed by atoms with Gasteiger partial charge >= 0.3 is 0 Å². The van der Waals surface area contributed by atoms with Crippen LogP contribution in [0, 0.1) is 0 Å². The summed E-state index contributed by atoms with van der Waals surface area (Å²) in [6.07, 6.45) is 1.85. The fraction of sp³-hybridized carbons (Fsp3) is 0.435. The third-order valence-electron chi connectivity index (χ3n) is 5.50. The minimum atomic E-state index is -3.64. The van der Waals surface area contributed by atoms with E-state index in [0.29, 0.717) is 36.7 Å². The first kappa shape index (κ1) is 23.1. The van der Waals surface area contributed by atoms with Crippen molar-refractivity contribution in [1.29, 1.82) is 0 Å². The highest BCUT2D eigenvalue weighted by Gasteiger charge is 2.34. The van der Waals surface area contributed by atoms with Gasteiger partial charge in [-0.3, -0.25) is 4.79 Å². The molecule has 0 spiro atoms. The largest absolute Gasteiger partial charge is 0.497 e. The van der Waals surface area contributed by atoms with E-state index in [1.54, 1.807) is 45.1 Å². The summed E-state index contributed by atoms with van der Waals surface area (Å²) in [5.74, 6) is 1.17. The molecule has 0 saturated heterocycles. The molecule has 1 amide bonds.